The number of nitrogens with one attached hydrogen (secondary N) is 2. The summed E-state index contributed by atoms with van der Waals surface area (Å²) >= 11 is 0. The van der Waals surface area contributed by atoms with Gasteiger partial charge in [0.05, 0.1) is 18.8 Å². The van der Waals surface area contributed by atoms with Crippen LogP contribution in [0.5, 0.6) is 0 Å². The molecule has 8 heteroatoms. The number of amides is 2. The van der Waals surface area contributed by atoms with Crippen molar-refractivity contribution in [3.05, 3.63) is 95.1 Å². The lowest BCUT2D eigenvalue weighted by atomic mass is 9.98. The molecule has 3 N–H and O–H groups in total. The molecule has 2 saturated heterocycles. The first kappa shape index (κ1) is 35.7. The third-order valence-electron chi connectivity index (χ3n) is 9.41. The number of carbonyl (C=O) groups is 2. The third kappa shape index (κ3) is 11.3. The molecule has 2 heterocycles. The number of ether oxygens (including phenoxy) is 2. The molecule has 2 fully saturated rings. The second kappa shape index (κ2) is 18.8. The van der Waals surface area contributed by atoms with E-state index in [1.54, 1.807) is 0 Å². The molecule has 0 radical (unpaired) electrons. The largest absolute Gasteiger partial charge is 0.392 e. The standard InChI is InChI=1S/C40H53N3O5/c1-30(45)41-22-7-5-6-13-39(46)42-27-32-11-10-12-36(25-32)33-18-20-35(21-19-33)40-47-37(28-43-23-8-3-2-4-9-24-43)26-38(48-40)34-16-14-31(29-44)15-17-34/h10-12,14-21,25,37-38,40,44H,2-9,13,22-24,26-29H2,1H3,(H,41,45)(H,42,46)/t37-,38+,40+/m0/s1. The number of likely N-dealkylation sites (tertiary alicyclic amines) is 1. The van der Waals surface area contributed by atoms with Gasteiger partial charge >= 0.3 is 0 Å². The Balaban J connectivity index is 1.20. The van der Waals surface area contributed by atoms with Crippen LogP contribution in [0.3, 0.4) is 0 Å². The van der Waals surface area contributed by atoms with Gasteiger partial charge in [0.25, 0.3) is 0 Å². The van der Waals surface area contributed by atoms with E-state index in [4.69, 9.17) is 9.47 Å². The molecular weight excluding hydrogens is 602 g/mol. The lowest BCUT2D eigenvalue weighted by Gasteiger charge is -2.38. The SMILES string of the molecule is CC(=O)NCCCCCC(=O)NCc1cccc(-c2ccc([C@@H]3O[C@H](CN4CCCCCCC4)C[C@H](c4ccc(CO)cc4)O3)cc2)c1. The molecule has 2 amide bonds. The first-order valence-electron chi connectivity index (χ1n) is 17.9. The van der Waals surface area contributed by atoms with Crippen molar-refractivity contribution in [1.82, 2.24) is 15.5 Å². The van der Waals surface area contributed by atoms with E-state index in [2.05, 4.69) is 64.1 Å². The zero-order chi connectivity index (χ0) is 33.6. The summed E-state index contributed by atoms with van der Waals surface area (Å²) in [6.45, 7) is 5.85. The quantitative estimate of drug-likeness (QED) is 0.162. The smallest absolute Gasteiger partial charge is 0.220 e. The average Bonchev–Trinajstić information content (AvgIpc) is 3.10. The summed E-state index contributed by atoms with van der Waals surface area (Å²) in [4.78, 5) is 25.9. The molecule has 0 spiro atoms. The Labute approximate surface area is 286 Å². The van der Waals surface area contributed by atoms with E-state index in [9.17, 15) is 14.7 Å². The van der Waals surface area contributed by atoms with E-state index in [0.717, 1.165) is 78.7 Å². The van der Waals surface area contributed by atoms with E-state index < -0.39 is 6.29 Å². The van der Waals surface area contributed by atoms with E-state index in [0.29, 0.717) is 19.5 Å². The number of aliphatic hydroxyl groups is 1. The molecule has 0 saturated carbocycles. The van der Waals surface area contributed by atoms with Gasteiger partial charge in [0.15, 0.2) is 6.29 Å². The van der Waals surface area contributed by atoms with Crippen LogP contribution in [0, 0.1) is 0 Å². The molecule has 48 heavy (non-hydrogen) atoms. The van der Waals surface area contributed by atoms with Crippen LogP contribution >= 0.6 is 0 Å². The predicted octanol–water partition coefficient (Wildman–Crippen LogP) is 6.97. The number of hydrogen-bond acceptors (Lipinski definition) is 6. The molecule has 0 aromatic heterocycles. The van der Waals surface area contributed by atoms with Crippen LogP contribution in [-0.2, 0) is 32.2 Å². The van der Waals surface area contributed by atoms with Gasteiger partial charge in [0.1, 0.15) is 0 Å². The number of rotatable bonds is 14. The molecule has 3 atom stereocenters. The summed E-state index contributed by atoms with van der Waals surface area (Å²) in [6.07, 6.45) is 9.82. The molecule has 258 valence electrons. The Morgan fingerprint density at radius 3 is 2.25 bits per heavy atom. The van der Waals surface area contributed by atoms with Gasteiger partial charge in [-0.2, -0.15) is 0 Å². The molecular formula is C40H53N3O5. The summed E-state index contributed by atoms with van der Waals surface area (Å²) in [5, 5.41) is 15.4. The Morgan fingerprint density at radius 2 is 1.52 bits per heavy atom. The van der Waals surface area contributed by atoms with Crippen molar-refractivity contribution in [2.45, 2.75) is 103 Å². The minimum atomic E-state index is -0.470. The second-order valence-corrected chi connectivity index (χ2v) is 13.3. The monoisotopic (exact) mass is 655 g/mol. The topological polar surface area (TPSA) is 100 Å². The summed E-state index contributed by atoms with van der Waals surface area (Å²) in [7, 11) is 0. The Kier molecular flexibility index (Phi) is 14.0. The summed E-state index contributed by atoms with van der Waals surface area (Å²) in [5.74, 6) is 0.0282. The zero-order valence-corrected chi connectivity index (χ0v) is 28.5. The molecule has 3 aromatic rings. The van der Waals surface area contributed by atoms with Crippen molar-refractivity contribution in [2.75, 3.05) is 26.2 Å². The molecule has 0 unspecified atom stereocenters. The maximum Gasteiger partial charge on any atom is 0.220 e. The van der Waals surface area contributed by atoms with Crippen molar-refractivity contribution in [3.8, 4) is 11.1 Å². The van der Waals surface area contributed by atoms with E-state index in [1.807, 2.05) is 24.3 Å². The highest BCUT2D eigenvalue weighted by atomic mass is 16.7. The minimum Gasteiger partial charge on any atom is -0.392 e. The van der Waals surface area contributed by atoms with Gasteiger partial charge in [-0.05, 0) is 72.7 Å². The van der Waals surface area contributed by atoms with Crippen molar-refractivity contribution in [2.24, 2.45) is 0 Å². The number of nitrogens with zero attached hydrogens (tertiary/aromatic N) is 1. The molecule has 0 aliphatic carbocycles. The zero-order valence-electron chi connectivity index (χ0n) is 28.5. The third-order valence-corrected chi connectivity index (χ3v) is 9.41. The van der Waals surface area contributed by atoms with Crippen molar-refractivity contribution >= 4 is 11.8 Å². The number of hydrogen-bond donors (Lipinski definition) is 3. The fraction of sp³-hybridized carbons (Fsp3) is 0.500. The maximum atomic E-state index is 12.4. The van der Waals surface area contributed by atoms with Crippen LogP contribution in [0.15, 0.2) is 72.8 Å². The average molecular weight is 656 g/mol. The van der Waals surface area contributed by atoms with Gasteiger partial charge in [-0.3, -0.25) is 9.59 Å². The lowest BCUT2D eigenvalue weighted by Crippen LogP contribution is -2.40. The van der Waals surface area contributed by atoms with Gasteiger partial charge in [0, 0.05) is 45.0 Å². The fourth-order valence-electron chi connectivity index (χ4n) is 6.65. The fourth-order valence-corrected chi connectivity index (χ4v) is 6.65. The number of carbonyl (C=O) groups excluding carboxylic acids is 2. The lowest BCUT2D eigenvalue weighted by molar-refractivity contribution is -0.253. The molecule has 3 aromatic carbocycles. The van der Waals surface area contributed by atoms with Gasteiger partial charge < -0.3 is 30.1 Å². The van der Waals surface area contributed by atoms with Crippen molar-refractivity contribution in [3.63, 3.8) is 0 Å². The van der Waals surface area contributed by atoms with Crippen LogP contribution in [0.2, 0.25) is 0 Å². The van der Waals surface area contributed by atoms with Gasteiger partial charge in [-0.25, -0.2) is 0 Å². The van der Waals surface area contributed by atoms with Gasteiger partial charge in [0.2, 0.25) is 11.8 Å². The number of aliphatic hydroxyl groups excluding tert-OH is 1. The van der Waals surface area contributed by atoms with Crippen molar-refractivity contribution < 1.29 is 24.2 Å². The number of benzene rings is 3. The summed E-state index contributed by atoms with van der Waals surface area (Å²) in [6, 6.07) is 24.8. The molecule has 2 aliphatic rings. The van der Waals surface area contributed by atoms with Crippen LogP contribution in [-0.4, -0.2) is 54.1 Å². The van der Waals surface area contributed by atoms with Crippen molar-refractivity contribution in [1.29, 1.82) is 0 Å². The maximum absolute atomic E-state index is 12.4. The molecule has 8 nitrogen and oxygen atoms in total. The van der Waals surface area contributed by atoms with Gasteiger partial charge in [-0.1, -0.05) is 92.4 Å². The number of unbranched alkanes of at least 4 members (excludes halogenated alkanes) is 2. The first-order chi connectivity index (χ1) is 23.5. The van der Waals surface area contributed by atoms with E-state index >= 15 is 0 Å². The highest BCUT2D eigenvalue weighted by molar-refractivity contribution is 5.76. The highest BCUT2D eigenvalue weighted by Crippen LogP contribution is 2.39. The minimum absolute atomic E-state index is 0.0172. The van der Waals surface area contributed by atoms with Crippen LogP contribution < -0.4 is 10.6 Å². The summed E-state index contributed by atoms with van der Waals surface area (Å²) < 4.78 is 13.3. The Hall–Kier alpha value is -3.56. The first-order valence-corrected chi connectivity index (χ1v) is 17.9. The summed E-state index contributed by atoms with van der Waals surface area (Å²) in [5.41, 5.74) is 6.24. The van der Waals surface area contributed by atoms with Crippen LogP contribution in [0.25, 0.3) is 11.1 Å². The normalized spacial score (nSPS) is 20.4. The van der Waals surface area contributed by atoms with Crippen LogP contribution in [0.1, 0.15) is 106 Å². The molecule has 0 bridgehead atoms. The predicted molar refractivity (Wildman–Crippen MR) is 189 cm³/mol. The molecule has 2 aliphatic heterocycles. The van der Waals surface area contributed by atoms with E-state index in [-0.39, 0.29) is 30.6 Å². The Bertz CT molecular complexity index is 1420. The second-order valence-electron chi connectivity index (χ2n) is 13.3. The van der Waals surface area contributed by atoms with E-state index in [1.165, 1.54) is 39.0 Å². The highest BCUT2D eigenvalue weighted by Gasteiger charge is 2.33. The van der Waals surface area contributed by atoms with Gasteiger partial charge in [-0.15, -0.1) is 0 Å². The van der Waals surface area contributed by atoms with Crippen LogP contribution in [0.4, 0.5) is 0 Å². The molecule has 5 rings (SSSR count). The Morgan fingerprint density at radius 1 is 0.792 bits per heavy atom.